The van der Waals surface area contributed by atoms with Crippen molar-refractivity contribution in [3.63, 3.8) is 0 Å². The summed E-state index contributed by atoms with van der Waals surface area (Å²) in [6.07, 6.45) is 1.20. The third-order valence-corrected chi connectivity index (χ3v) is 4.56. The number of hydrogen-bond donors (Lipinski definition) is 1. The van der Waals surface area contributed by atoms with Gasteiger partial charge in [0, 0.05) is 26.4 Å². The number of rotatable bonds is 9. The highest BCUT2D eigenvalue weighted by molar-refractivity contribution is 14.0. The summed E-state index contributed by atoms with van der Waals surface area (Å²) in [5, 5.41) is 3.24. The number of sulfone groups is 1. The van der Waals surface area contributed by atoms with E-state index in [1.807, 2.05) is 37.1 Å². The Morgan fingerprint density at radius 2 is 2.04 bits per heavy atom. The van der Waals surface area contributed by atoms with E-state index in [9.17, 15) is 8.42 Å². The lowest BCUT2D eigenvalue weighted by Gasteiger charge is -2.22. The van der Waals surface area contributed by atoms with E-state index >= 15 is 0 Å². The first-order chi connectivity index (χ1) is 12.4. The smallest absolute Gasteiger partial charge is 0.231 e. The van der Waals surface area contributed by atoms with Crippen LogP contribution in [0.3, 0.4) is 0 Å². The molecule has 1 aliphatic rings. The van der Waals surface area contributed by atoms with Gasteiger partial charge in [0.25, 0.3) is 0 Å². The molecule has 27 heavy (non-hydrogen) atoms. The first-order valence-corrected chi connectivity index (χ1v) is 10.6. The van der Waals surface area contributed by atoms with E-state index in [1.54, 1.807) is 0 Å². The van der Waals surface area contributed by atoms with E-state index in [2.05, 4.69) is 10.3 Å². The van der Waals surface area contributed by atoms with E-state index in [-0.39, 0.29) is 43.1 Å². The van der Waals surface area contributed by atoms with Crippen molar-refractivity contribution in [2.75, 3.05) is 52.2 Å². The van der Waals surface area contributed by atoms with Crippen LogP contribution in [0.15, 0.2) is 23.2 Å². The first kappa shape index (κ1) is 23.8. The van der Waals surface area contributed by atoms with Crippen molar-refractivity contribution in [2.24, 2.45) is 4.99 Å². The van der Waals surface area contributed by atoms with Gasteiger partial charge in [-0.15, -0.1) is 24.0 Å². The Morgan fingerprint density at radius 1 is 1.30 bits per heavy atom. The van der Waals surface area contributed by atoms with Crippen LogP contribution in [0.25, 0.3) is 0 Å². The summed E-state index contributed by atoms with van der Waals surface area (Å²) in [7, 11) is -1.03. The molecule has 1 N–H and O–H groups in total. The highest BCUT2D eigenvalue weighted by Gasteiger charge is 2.14. The van der Waals surface area contributed by atoms with Crippen LogP contribution in [0.1, 0.15) is 12.5 Å². The highest BCUT2D eigenvalue weighted by atomic mass is 127. The average molecular weight is 513 g/mol. The van der Waals surface area contributed by atoms with Crippen LogP contribution in [0, 0.1) is 0 Å². The van der Waals surface area contributed by atoms with Crippen molar-refractivity contribution >= 4 is 39.8 Å². The predicted octanol–water partition coefficient (Wildman–Crippen LogP) is 1.49. The quantitative estimate of drug-likeness (QED) is 0.232. The molecule has 0 saturated carbocycles. The molecule has 0 radical (unpaired) electrons. The number of fused-ring (bicyclic) bond motifs is 1. The topological polar surface area (TPSA) is 89.5 Å². The zero-order valence-electron chi connectivity index (χ0n) is 15.9. The second kappa shape index (κ2) is 11.5. The van der Waals surface area contributed by atoms with Gasteiger partial charge in [-0.1, -0.05) is 6.07 Å². The molecule has 8 nitrogen and oxygen atoms in total. The summed E-state index contributed by atoms with van der Waals surface area (Å²) in [6.45, 7) is 4.71. The lowest BCUT2D eigenvalue weighted by molar-refractivity contribution is 0.157. The summed E-state index contributed by atoms with van der Waals surface area (Å²) >= 11 is 0. The number of nitrogens with zero attached hydrogens (tertiary/aromatic N) is 2. The van der Waals surface area contributed by atoms with Crippen LogP contribution in [-0.4, -0.2) is 71.4 Å². The molecule has 0 unspecified atom stereocenters. The maximum absolute atomic E-state index is 11.0. The summed E-state index contributed by atoms with van der Waals surface area (Å²) in [5.74, 6) is 2.32. The molecule has 0 fully saturated rings. The van der Waals surface area contributed by atoms with Gasteiger partial charge in [-0.25, -0.2) is 8.42 Å². The molecular formula is C17H28IN3O5S. The minimum atomic E-state index is -2.99. The van der Waals surface area contributed by atoms with Crippen molar-refractivity contribution < 1.29 is 22.6 Å². The summed E-state index contributed by atoms with van der Waals surface area (Å²) < 4.78 is 38.2. The molecule has 154 valence electrons. The summed E-state index contributed by atoms with van der Waals surface area (Å²) in [5.41, 5.74) is 1.09. The van der Waals surface area contributed by atoms with Gasteiger partial charge in [0.2, 0.25) is 6.79 Å². The number of ether oxygens (including phenoxy) is 3. The monoisotopic (exact) mass is 513 g/mol. The molecule has 1 aromatic carbocycles. The highest BCUT2D eigenvalue weighted by Crippen LogP contribution is 2.32. The molecule has 10 heteroatoms. The van der Waals surface area contributed by atoms with Crippen molar-refractivity contribution in [3.05, 3.63) is 23.8 Å². The van der Waals surface area contributed by atoms with Gasteiger partial charge in [-0.3, -0.25) is 4.99 Å². The van der Waals surface area contributed by atoms with Crippen LogP contribution >= 0.6 is 24.0 Å². The summed E-state index contributed by atoms with van der Waals surface area (Å²) in [6, 6.07) is 5.88. The van der Waals surface area contributed by atoms with Gasteiger partial charge in [0.05, 0.1) is 25.5 Å². The average Bonchev–Trinajstić information content (AvgIpc) is 3.03. The standard InChI is InChI=1S/C17H27N3O5S.HI/c1-4-18-17(19-7-8-23-9-10-26(3,21)22)20(2)12-14-5-6-15-16(11-14)25-13-24-15;/h5-6,11H,4,7-10,12-13H2,1-3H3,(H,18,19);1H. The zero-order chi connectivity index (χ0) is 19.0. The number of nitrogens with one attached hydrogen (secondary N) is 1. The Labute approximate surface area is 178 Å². The van der Waals surface area contributed by atoms with Crippen molar-refractivity contribution in [2.45, 2.75) is 13.5 Å². The molecule has 2 rings (SSSR count). The zero-order valence-corrected chi connectivity index (χ0v) is 19.1. The third-order valence-electron chi connectivity index (χ3n) is 3.65. The van der Waals surface area contributed by atoms with Crippen LogP contribution in [0.4, 0.5) is 0 Å². The fraction of sp³-hybridized carbons (Fsp3) is 0.588. The molecule has 0 spiro atoms. The fourth-order valence-corrected chi connectivity index (χ4v) is 2.81. The van der Waals surface area contributed by atoms with E-state index in [1.165, 1.54) is 6.26 Å². The van der Waals surface area contributed by atoms with Gasteiger partial charge in [0.1, 0.15) is 9.84 Å². The van der Waals surface area contributed by atoms with Crippen LogP contribution in [0.5, 0.6) is 11.5 Å². The maximum atomic E-state index is 11.0. The first-order valence-electron chi connectivity index (χ1n) is 8.52. The third kappa shape index (κ3) is 8.52. The minimum absolute atomic E-state index is 0. The van der Waals surface area contributed by atoms with Crippen LogP contribution in [0.2, 0.25) is 0 Å². The number of benzene rings is 1. The van der Waals surface area contributed by atoms with Gasteiger partial charge < -0.3 is 24.4 Å². The summed E-state index contributed by atoms with van der Waals surface area (Å²) in [4.78, 5) is 6.53. The van der Waals surface area contributed by atoms with Crippen LogP contribution < -0.4 is 14.8 Å². The molecule has 1 aromatic rings. The Morgan fingerprint density at radius 3 is 2.74 bits per heavy atom. The largest absolute Gasteiger partial charge is 0.454 e. The second-order valence-corrected chi connectivity index (χ2v) is 8.28. The lowest BCUT2D eigenvalue weighted by atomic mass is 10.2. The van der Waals surface area contributed by atoms with E-state index in [4.69, 9.17) is 14.2 Å². The number of aliphatic imine (C=N–C) groups is 1. The Balaban J connectivity index is 0.00000364. The number of halogens is 1. The SMILES string of the molecule is CCNC(=NCCOCCS(C)(=O)=O)N(C)Cc1ccc2c(c1)OCO2.I. The molecule has 0 aromatic heterocycles. The molecule has 0 amide bonds. The van der Waals surface area contributed by atoms with Gasteiger partial charge in [-0.2, -0.15) is 0 Å². The molecule has 1 heterocycles. The normalized spacial score (nSPS) is 13.2. The second-order valence-electron chi connectivity index (χ2n) is 6.02. The van der Waals surface area contributed by atoms with Gasteiger partial charge >= 0.3 is 0 Å². The van der Waals surface area contributed by atoms with Crippen molar-refractivity contribution in [1.29, 1.82) is 0 Å². The van der Waals surface area contributed by atoms with Gasteiger partial charge in [0.15, 0.2) is 17.5 Å². The molecular weight excluding hydrogens is 485 g/mol. The predicted molar refractivity (Wildman–Crippen MR) is 116 cm³/mol. The lowest BCUT2D eigenvalue weighted by Crippen LogP contribution is -2.38. The van der Waals surface area contributed by atoms with E-state index < -0.39 is 9.84 Å². The van der Waals surface area contributed by atoms with E-state index in [0.29, 0.717) is 19.7 Å². The fourth-order valence-electron chi connectivity index (χ4n) is 2.39. The maximum Gasteiger partial charge on any atom is 0.231 e. The number of guanidine groups is 1. The van der Waals surface area contributed by atoms with E-state index in [0.717, 1.165) is 29.6 Å². The molecule has 0 saturated heterocycles. The van der Waals surface area contributed by atoms with Crippen molar-refractivity contribution in [3.8, 4) is 11.5 Å². The molecule has 0 atom stereocenters. The minimum Gasteiger partial charge on any atom is -0.454 e. The Hall–Kier alpha value is -1.27. The Kier molecular flexibility index (Phi) is 10.2. The number of hydrogen-bond acceptors (Lipinski definition) is 6. The van der Waals surface area contributed by atoms with Gasteiger partial charge in [-0.05, 0) is 24.6 Å². The molecule has 0 aliphatic carbocycles. The Bertz CT molecular complexity index is 727. The van der Waals surface area contributed by atoms with Crippen LogP contribution in [-0.2, 0) is 21.1 Å². The molecule has 0 bridgehead atoms. The molecule has 1 aliphatic heterocycles. The van der Waals surface area contributed by atoms with Crippen molar-refractivity contribution in [1.82, 2.24) is 10.2 Å².